The molecule has 0 bridgehead atoms. The molecule has 0 amide bonds. The van der Waals surface area contributed by atoms with Crippen molar-refractivity contribution in [2.24, 2.45) is 0 Å². The molecule has 4 nitrogen and oxygen atoms in total. The van der Waals surface area contributed by atoms with Crippen LogP contribution in [0, 0.1) is 0 Å². The zero-order valence-corrected chi connectivity index (χ0v) is 33.5. The molecule has 274 valence electrons. The molecule has 6 aromatic carbocycles. The summed E-state index contributed by atoms with van der Waals surface area (Å²) < 4.78 is 19.0. The third-order valence-corrected chi connectivity index (χ3v) is 20.0. The van der Waals surface area contributed by atoms with Crippen molar-refractivity contribution in [1.29, 1.82) is 0 Å². The third kappa shape index (κ3) is 9.85. The molecule has 0 N–H and O–H groups in total. The van der Waals surface area contributed by atoms with Crippen molar-refractivity contribution < 1.29 is 18.7 Å². The van der Waals surface area contributed by atoms with Crippen LogP contribution in [0.5, 0.6) is 11.5 Å². The number of quaternary nitrogens is 1. The molecule has 0 aliphatic rings. The zero-order chi connectivity index (χ0) is 36.9. The fraction of sp³-hybridized carbons (Fsp3) is 0.234. The van der Waals surface area contributed by atoms with E-state index in [1.165, 1.54) is 32.6 Å². The molecule has 0 heterocycles. The summed E-state index contributed by atoms with van der Waals surface area (Å²) in [6, 6.07) is 60.3. The van der Waals surface area contributed by atoms with Gasteiger partial charge < -0.3 is 9.47 Å². The molecule has 6 heteroatoms. The van der Waals surface area contributed by atoms with Crippen LogP contribution in [0.1, 0.15) is 18.4 Å². The molecule has 0 aliphatic carbocycles. The summed E-state index contributed by atoms with van der Waals surface area (Å²) in [6.07, 6.45) is 3.01. The van der Waals surface area contributed by atoms with E-state index in [1.54, 1.807) is 0 Å². The first-order valence-corrected chi connectivity index (χ1v) is 23.1. The summed E-state index contributed by atoms with van der Waals surface area (Å²) in [5.41, 5.74) is 3.68. The summed E-state index contributed by atoms with van der Waals surface area (Å²) in [6.45, 7) is 4.30. The van der Waals surface area contributed by atoms with Gasteiger partial charge in [0, 0.05) is 0 Å². The number of rotatable bonds is 19. The van der Waals surface area contributed by atoms with Gasteiger partial charge >= 0.3 is 225 Å². The first kappa shape index (κ1) is 38.5. The summed E-state index contributed by atoms with van der Waals surface area (Å²) >= 11 is 4.56. The molecular weight excluding hydrogens is 737 g/mol. The molecule has 0 saturated heterocycles. The van der Waals surface area contributed by atoms with Gasteiger partial charge in [-0.2, -0.15) is 0 Å². The predicted molar refractivity (Wildman–Crippen MR) is 229 cm³/mol. The van der Waals surface area contributed by atoms with Crippen LogP contribution >= 0.6 is 20.8 Å². The first-order chi connectivity index (χ1) is 25.8. The van der Waals surface area contributed by atoms with Gasteiger partial charge in [0.25, 0.3) is 0 Å². The van der Waals surface area contributed by atoms with Gasteiger partial charge in [-0.25, -0.2) is 0 Å². The number of hydrogen-bond donors (Lipinski definition) is 0. The van der Waals surface area contributed by atoms with Crippen molar-refractivity contribution in [1.82, 2.24) is 0 Å². The summed E-state index contributed by atoms with van der Waals surface area (Å²) in [4.78, 5) is 0. The van der Waals surface area contributed by atoms with E-state index in [9.17, 15) is 0 Å². The van der Waals surface area contributed by atoms with Crippen molar-refractivity contribution in [2.45, 2.75) is 19.4 Å². The Balaban J connectivity index is 0.941. The van der Waals surface area contributed by atoms with Gasteiger partial charge in [-0.3, -0.25) is 0 Å². The number of likely N-dealkylation sites (N-methyl/N-ethyl adjacent to an activating group) is 1. The maximum atomic E-state index is 6.28. The summed E-state index contributed by atoms with van der Waals surface area (Å²) in [5, 5.41) is 1.17. The van der Waals surface area contributed by atoms with E-state index in [4.69, 9.17) is 14.2 Å². The normalized spacial score (nSPS) is 12.5. The number of ether oxygens (including phenoxy) is 3. The SMILES string of the molecule is C[N+](C)(CCOCCOc1ccc(-c2ccccc2)cc1)Cc1ccc(OCCCCP(Br)(c2ccccc2)(c2ccccc2)c2ccccc2)cc1. The van der Waals surface area contributed by atoms with Crippen LogP contribution in [0.2, 0.25) is 0 Å². The van der Waals surface area contributed by atoms with Crippen LogP contribution in [0.3, 0.4) is 0 Å². The Labute approximate surface area is 324 Å². The second kappa shape index (κ2) is 18.2. The van der Waals surface area contributed by atoms with E-state index < -0.39 is 5.31 Å². The molecule has 0 saturated carbocycles. The van der Waals surface area contributed by atoms with E-state index in [0.29, 0.717) is 26.4 Å². The Morgan fingerprint density at radius 1 is 0.472 bits per heavy atom. The fourth-order valence-corrected chi connectivity index (χ4v) is 14.8. The topological polar surface area (TPSA) is 27.7 Å². The Bertz CT molecular complexity index is 1860. The average Bonchev–Trinajstić information content (AvgIpc) is 3.21. The van der Waals surface area contributed by atoms with Crippen molar-refractivity contribution in [3.05, 3.63) is 175 Å². The van der Waals surface area contributed by atoms with Crippen LogP contribution < -0.4 is 25.4 Å². The third-order valence-electron chi connectivity index (χ3n) is 9.96. The number of halogens is 1. The van der Waals surface area contributed by atoms with E-state index in [-0.39, 0.29) is 0 Å². The van der Waals surface area contributed by atoms with Gasteiger partial charge in [0.2, 0.25) is 0 Å². The molecule has 6 aromatic rings. The molecule has 6 rings (SSSR count). The van der Waals surface area contributed by atoms with E-state index in [2.05, 4.69) is 181 Å². The Hall–Kier alpha value is -4.25. The molecular formula is C47H52BrNO3P+. The van der Waals surface area contributed by atoms with Crippen molar-refractivity contribution in [2.75, 3.05) is 53.2 Å². The Kier molecular flexibility index (Phi) is 13.2. The predicted octanol–water partition coefficient (Wildman–Crippen LogP) is 10.0. The van der Waals surface area contributed by atoms with Gasteiger partial charge in [0.05, 0.1) is 13.2 Å². The minimum absolute atomic E-state index is 0.533. The van der Waals surface area contributed by atoms with Gasteiger partial charge in [-0.1, -0.05) is 42.5 Å². The second-order valence-electron chi connectivity index (χ2n) is 14.3. The average molecular weight is 790 g/mol. The number of nitrogens with zero attached hydrogens (tertiary/aromatic N) is 1. The Morgan fingerprint density at radius 2 is 0.925 bits per heavy atom. The molecule has 0 spiro atoms. The van der Waals surface area contributed by atoms with Crippen LogP contribution in [0.4, 0.5) is 0 Å². The summed E-state index contributed by atoms with van der Waals surface area (Å²) in [7, 11) is 4.50. The summed E-state index contributed by atoms with van der Waals surface area (Å²) in [5.74, 6) is 1.78. The van der Waals surface area contributed by atoms with Gasteiger partial charge in [-0.05, 0) is 23.3 Å². The standard InChI is InChI=1S/C47H52BrNO3P/c1-49(2,33-35-50-36-37-52-44-31-27-42(28-32-44)41-17-7-3-8-18-41)39-40-25-29-43(30-26-40)51-34-15-16-38-53(48,45-19-9-4-10-20-45,46-21-11-5-12-22-46)47-23-13-6-14-24-47/h3-14,17-32H,15-16,33-39H2,1-2H3/q+1. The van der Waals surface area contributed by atoms with Gasteiger partial charge in [0.1, 0.15) is 12.4 Å². The van der Waals surface area contributed by atoms with Gasteiger partial charge in [-0.15, -0.1) is 0 Å². The van der Waals surface area contributed by atoms with Crippen LogP contribution in [-0.2, 0) is 11.3 Å². The fourth-order valence-electron chi connectivity index (χ4n) is 7.02. The molecule has 0 radical (unpaired) electrons. The molecule has 0 aromatic heterocycles. The van der Waals surface area contributed by atoms with Crippen molar-refractivity contribution >= 4 is 36.7 Å². The van der Waals surface area contributed by atoms with Crippen molar-refractivity contribution in [3.8, 4) is 22.6 Å². The van der Waals surface area contributed by atoms with E-state index >= 15 is 0 Å². The second-order valence-corrected chi connectivity index (χ2v) is 23.3. The van der Waals surface area contributed by atoms with Crippen LogP contribution in [0.25, 0.3) is 11.1 Å². The number of unbranched alkanes of at least 4 members (excludes halogenated alkanes) is 1. The quantitative estimate of drug-likeness (QED) is 0.0465. The number of hydrogen-bond acceptors (Lipinski definition) is 3. The van der Waals surface area contributed by atoms with Crippen molar-refractivity contribution in [3.63, 3.8) is 0 Å². The van der Waals surface area contributed by atoms with E-state index in [1.807, 2.05) is 18.2 Å². The van der Waals surface area contributed by atoms with Crippen LogP contribution in [-0.4, -0.2) is 57.7 Å². The minimum atomic E-state index is -2.90. The van der Waals surface area contributed by atoms with Gasteiger partial charge in [0.15, 0.2) is 0 Å². The molecule has 0 fully saturated rings. The molecule has 53 heavy (non-hydrogen) atoms. The maximum absolute atomic E-state index is 6.28. The molecule has 0 aliphatic heterocycles. The zero-order valence-electron chi connectivity index (χ0n) is 31.0. The number of benzene rings is 6. The van der Waals surface area contributed by atoms with Crippen LogP contribution in [0.15, 0.2) is 170 Å². The molecule has 0 unspecified atom stereocenters. The first-order valence-electron chi connectivity index (χ1n) is 18.6. The Morgan fingerprint density at radius 3 is 1.45 bits per heavy atom. The monoisotopic (exact) mass is 788 g/mol. The molecule has 0 atom stereocenters. The van der Waals surface area contributed by atoms with E-state index in [0.717, 1.165) is 48.1 Å².